The molecule has 7 nitrogen and oxygen atoms in total. The molecule has 2 aromatic heterocycles. The van der Waals surface area contributed by atoms with Crippen LogP contribution in [-0.4, -0.2) is 45.8 Å². The number of anilines is 2. The zero-order valence-electron chi connectivity index (χ0n) is 13.5. The SMILES string of the molecule is CCCNc1nnc(Sc2nc(C(C)C)nc(N(C)C)n2)s1. The molecule has 0 amide bonds. The van der Waals surface area contributed by atoms with Crippen molar-refractivity contribution < 1.29 is 0 Å². The summed E-state index contributed by atoms with van der Waals surface area (Å²) in [5.74, 6) is 1.70. The van der Waals surface area contributed by atoms with E-state index in [0.29, 0.717) is 11.1 Å². The highest BCUT2D eigenvalue weighted by Crippen LogP contribution is 2.30. The minimum atomic E-state index is 0.247. The van der Waals surface area contributed by atoms with Crippen LogP contribution in [0.3, 0.4) is 0 Å². The fourth-order valence-corrected chi connectivity index (χ4v) is 3.13. The number of hydrogen-bond donors (Lipinski definition) is 1. The van der Waals surface area contributed by atoms with Crippen molar-refractivity contribution in [3.05, 3.63) is 5.82 Å². The Kier molecular flexibility index (Phi) is 5.90. The molecule has 0 aromatic carbocycles. The van der Waals surface area contributed by atoms with Gasteiger partial charge in [-0.1, -0.05) is 32.1 Å². The maximum Gasteiger partial charge on any atom is 0.229 e. The van der Waals surface area contributed by atoms with Gasteiger partial charge < -0.3 is 10.2 Å². The minimum Gasteiger partial charge on any atom is -0.360 e. The topological polar surface area (TPSA) is 79.7 Å². The molecular weight excluding hydrogens is 318 g/mol. The molecule has 0 aliphatic rings. The van der Waals surface area contributed by atoms with Crippen LogP contribution in [0.5, 0.6) is 0 Å². The van der Waals surface area contributed by atoms with Gasteiger partial charge in [-0.3, -0.25) is 0 Å². The standard InChI is InChI=1S/C13H21N7S2/c1-6-7-14-11-18-19-13(21-11)22-12-16-9(8(2)3)15-10(17-12)20(4)5/h8H,6-7H2,1-5H3,(H,14,18). The van der Waals surface area contributed by atoms with Crippen LogP contribution in [0.1, 0.15) is 38.9 Å². The first-order chi connectivity index (χ1) is 10.5. The first kappa shape index (κ1) is 16.9. The summed E-state index contributed by atoms with van der Waals surface area (Å²) < 4.78 is 0.823. The monoisotopic (exact) mass is 339 g/mol. The van der Waals surface area contributed by atoms with Gasteiger partial charge in [0.25, 0.3) is 0 Å². The third-order valence-corrected chi connectivity index (χ3v) is 4.45. The molecule has 0 bridgehead atoms. The molecule has 2 heterocycles. The smallest absolute Gasteiger partial charge is 0.229 e. The number of aromatic nitrogens is 5. The highest BCUT2D eigenvalue weighted by Gasteiger charge is 2.14. The second-order valence-corrected chi connectivity index (χ2v) is 7.42. The Morgan fingerprint density at radius 1 is 1.18 bits per heavy atom. The van der Waals surface area contributed by atoms with Crippen LogP contribution in [0.25, 0.3) is 0 Å². The lowest BCUT2D eigenvalue weighted by Crippen LogP contribution is -2.15. The van der Waals surface area contributed by atoms with Gasteiger partial charge in [0.2, 0.25) is 11.1 Å². The van der Waals surface area contributed by atoms with E-state index in [1.165, 1.54) is 23.1 Å². The fourth-order valence-electron chi connectivity index (χ4n) is 1.50. The summed E-state index contributed by atoms with van der Waals surface area (Å²) in [6, 6.07) is 0. The number of nitrogens with zero attached hydrogens (tertiary/aromatic N) is 6. The molecule has 9 heteroatoms. The highest BCUT2D eigenvalue weighted by atomic mass is 32.2. The van der Waals surface area contributed by atoms with Gasteiger partial charge in [0.15, 0.2) is 9.50 Å². The van der Waals surface area contributed by atoms with E-state index < -0.39 is 0 Å². The average molecular weight is 339 g/mol. The first-order valence-electron chi connectivity index (χ1n) is 7.18. The summed E-state index contributed by atoms with van der Waals surface area (Å²) in [5, 5.41) is 13.0. The van der Waals surface area contributed by atoms with E-state index in [0.717, 1.165) is 28.3 Å². The van der Waals surface area contributed by atoms with Gasteiger partial charge in [-0.15, -0.1) is 10.2 Å². The summed E-state index contributed by atoms with van der Waals surface area (Å²) >= 11 is 2.93. The normalized spacial score (nSPS) is 11.0. The predicted molar refractivity (Wildman–Crippen MR) is 91.1 cm³/mol. The van der Waals surface area contributed by atoms with Crippen LogP contribution in [0.4, 0.5) is 11.1 Å². The van der Waals surface area contributed by atoms with E-state index in [-0.39, 0.29) is 5.92 Å². The lowest BCUT2D eigenvalue weighted by Gasteiger charge is -2.13. The third kappa shape index (κ3) is 4.51. The number of hydrogen-bond acceptors (Lipinski definition) is 9. The van der Waals surface area contributed by atoms with Crippen LogP contribution in [0.2, 0.25) is 0 Å². The van der Waals surface area contributed by atoms with Crippen molar-refractivity contribution in [1.29, 1.82) is 0 Å². The first-order valence-corrected chi connectivity index (χ1v) is 8.81. The minimum absolute atomic E-state index is 0.247. The van der Waals surface area contributed by atoms with E-state index in [4.69, 9.17) is 0 Å². The van der Waals surface area contributed by atoms with Crippen molar-refractivity contribution in [2.24, 2.45) is 0 Å². The Labute approximate surface area is 139 Å². The van der Waals surface area contributed by atoms with Crippen molar-refractivity contribution in [1.82, 2.24) is 25.1 Å². The lowest BCUT2D eigenvalue weighted by molar-refractivity contribution is 0.716. The number of nitrogens with one attached hydrogen (secondary N) is 1. The van der Waals surface area contributed by atoms with Crippen molar-refractivity contribution >= 4 is 34.2 Å². The van der Waals surface area contributed by atoms with Crippen molar-refractivity contribution in [2.75, 3.05) is 30.9 Å². The van der Waals surface area contributed by atoms with Gasteiger partial charge >= 0.3 is 0 Å². The molecule has 2 rings (SSSR count). The van der Waals surface area contributed by atoms with Gasteiger partial charge in [0.1, 0.15) is 5.82 Å². The molecule has 0 saturated carbocycles. The third-order valence-electron chi connectivity index (χ3n) is 2.65. The van der Waals surface area contributed by atoms with Crippen LogP contribution in [-0.2, 0) is 0 Å². The zero-order valence-corrected chi connectivity index (χ0v) is 15.1. The van der Waals surface area contributed by atoms with E-state index in [1.807, 2.05) is 19.0 Å². The molecule has 22 heavy (non-hydrogen) atoms. The zero-order chi connectivity index (χ0) is 16.1. The molecule has 0 unspecified atom stereocenters. The van der Waals surface area contributed by atoms with Gasteiger partial charge in [0, 0.05) is 26.6 Å². The second kappa shape index (κ2) is 7.68. The van der Waals surface area contributed by atoms with Crippen molar-refractivity contribution in [3.63, 3.8) is 0 Å². The molecule has 0 spiro atoms. The van der Waals surface area contributed by atoms with Crippen molar-refractivity contribution in [3.8, 4) is 0 Å². The van der Waals surface area contributed by atoms with Gasteiger partial charge in [-0.25, -0.2) is 4.98 Å². The van der Waals surface area contributed by atoms with Gasteiger partial charge in [-0.2, -0.15) is 9.97 Å². The predicted octanol–water partition coefficient (Wildman–Crippen LogP) is 2.89. The Morgan fingerprint density at radius 3 is 2.59 bits per heavy atom. The van der Waals surface area contributed by atoms with E-state index >= 15 is 0 Å². The molecular formula is C13H21N7S2. The van der Waals surface area contributed by atoms with Gasteiger partial charge in [-0.05, 0) is 18.2 Å². The largest absolute Gasteiger partial charge is 0.360 e. The molecule has 0 radical (unpaired) electrons. The average Bonchev–Trinajstić information content (AvgIpc) is 2.92. The van der Waals surface area contributed by atoms with E-state index in [2.05, 4.69) is 51.2 Å². The molecule has 0 fully saturated rings. The molecule has 0 atom stereocenters. The molecule has 2 aromatic rings. The van der Waals surface area contributed by atoms with Crippen LogP contribution < -0.4 is 10.2 Å². The highest BCUT2D eigenvalue weighted by molar-refractivity contribution is 8.00. The Balaban J connectivity index is 2.19. The molecule has 0 aliphatic carbocycles. The molecule has 0 saturated heterocycles. The number of rotatable bonds is 7. The Morgan fingerprint density at radius 2 is 1.95 bits per heavy atom. The second-order valence-electron chi connectivity index (χ2n) is 5.23. The summed E-state index contributed by atoms with van der Waals surface area (Å²) in [4.78, 5) is 15.3. The van der Waals surface area contributed by atoms with E-state index in [9.17, 15) is 0 Å². The van der Waals surface area contributed by atoms with Crippen LogP contribution in [0.15, 0.2) is 9.50 Å². The van der Waals surface area contributed by atoms with Crippen LogP contribution >= 0.6 is 23.1 Å². The lowest BCUT2D eigenvalue weighted by atomic mass is 10.2. The maximum atomic E-state index is 4.51. The summed E-state index contributed by atoms with van der Waals surface area (Å²) in [6.45, 7) is 7.15. The van der Waals surface area contributed by atoms with Gasteiger partial charge in [0.05, 0.1) is 0 Å². The summed E-state index contributed by atoms with van der Waals surface area (Å²) in [7, 11) is 3.84. The van der Waals surface area contributed by atoms with E-state index in [1.54, 1.807) is 0 Å². The van der Waals surface area contributed by atoms with Crippen molar-refractivity contribution in [2.45, 2.75) is 42.6 Å². The molecule has 0 aliphatic heterocycles. The Bertz CT molecular complexity index is 586. The summed E-state index contributed by atoms with van der Waals surface area (Å²) in [6.07, 6.45) is 1.06. The molecule has 1 N–H and O–H groups in total. The molecule has 120 valence electrons. The fraction of sp³-hybridized carbons (Fsp3) is 0.615. The quantitative estimate of drug-likeness (QED) is 0.825. The summed E-state index contributed by atoms with van der Waals surface area (Å²) in [5.41, 5.74) is 0. The Hall–Kier alpha value is -1.48. The maximum absolute atomic E-state index is 4.51. The van der Waals surface area contributed by atoms with Crippen LogP contribution in [0, 0.1) is 0 Å².